The summed E-state index contributed by atoms with van der Waals surface area (Å²) in [5.41, 5.74) is 0.0492. The van der Waals surface area contributed by atoms with Crippen LogP contribution in [0.15, 0.2) is 58.1 Å². The molecule has 34 heavy (non-hydrogen) atoms. The molecule has 11 heteroatoms. The fraction of sp³-hybridized carbons (Fsp3) is 0.304. The molecule has 0 bridgehead atoms. The SMILES string of the molecule is C[B]C(Cn1c(=O)[nH]c(Nc2ccc(OCCC)cc2)[n+](Cc2ccc(Cl)cc2)c1=O)C(=O)O. The first-order chi connectivity index (χ1) is 16.3. The quantitative estimate of drug-likeness (QED) is 0.284. The molecule has 9 nitrogen and oxygen atoms in total. The van der Waals surface area contributed by atoms with Gasteiger partial charge in [-0.15, -0.1) is 0 Å². The van der Waals surface area contributed by atoms with E-state index in [1.165, 1.54) is 11.8 Å². The maximum Gasteiger partial charge on any atom is 0.421 e. The maximum atomic E-state index is 13.3. The summed E-state index contributed by atoms with van der Waals surface area (Å²) in [5, 5.41) is 13.0. The first-order valence-corrected chi connectivity index (χ1v) is 11.2. The highest BCUT2D eigenvalue weighted by atomic mass is 35.5. The Labute approximate surface area is 202 Å². The number of H-pyrrole nitrogens is 1. The van der Waals surface area contributed by atoms with Gasteiger partial charge in [0.15, 0.2) is 0 Å². The number of rotatable bonds is 11. The molecule has 1 heterocycles. The summed E-state index contributed by atoms with van der Waals surface area (Å²) in [6.45, 7) is 4.03. The summed E-state index contributed by atoms with van der Waals surface area (Å²) in [7, 11) is 1.44. The number of ether oxygens (including phenoxy) is 1. The van der Waals surface area contributed by atoms with Gasteiger partial charge in [0.25, 0.3) is 0 Å². The number of halogens is 1. The number of carboxylic acids is 1. The van der Waals surface area contributed by atoms with E-state index in [1.807, 2.05) is 6.92 Å². The van der Waals surface area contributed by atoms with E-state index in [9.17, 15) is 19.5 Å². The Morgan fingerprint density at radius 2 is 1.88 bits per heavy atom. The van der Waals surface area contributed by atoms with Gasteiger partial charge in [-0.2, -0.15) is 9.13 Å². The summed E-state index contributed by atoms with van der Waals surface area (Å²) >= 11 is 5.98. The molecule has 1 aromatic heterocycles. The van der Waals surface area contributed by atoms with Crippen LogP contribution in [0.25, 0.3) is 0 Å². The van der Waals surface area contributed by atoms with Crippen LogP contribution in [-0.2, 0) is 17.9 Å². The predicted octanol–water partition coefficient (Wildman–Crippen LogP) is 2.68. The molecule has 2 aromatic carbocycles. The first-order valence-electron chi connectivity index (χ1n) is 10.9. The Morgan fingerprint density at radius 1 is 1.21 bits per heavy atom. The molecule has 1 unspecified atom stereocenters. The van der Waals surface area contributed by atoms with Crippen LogP contribution in [0.5, 0.6) is 5.75 Å². The minimum Gasteiger partial charge on any atom is -0.494 e. The van der Waals surface area contributed by atoms with Gasteiger partial charge in [0.05, 0.1) is 31.2 Å². The van der Waals surface area contributed by atoms with Crippen molar-refractivity contribution in [2.24, 2.45) is 0 Å². The maximum absolute atomic E-state index is 13.3. The number of carboxylic acid groups (broad SMARTS) is 1. The number of anilines is 2. The molecule has 0 amide bonds. The van der Waals surface area contributed by atoms with Crippen molar-refractivity contribution < 1.29 is 19.2 Å². The van der Waals surface area contributed by atoms with Crippen molar-refractivity contribution in [1.29, 1.82) is 0 Å². The highest BCUT2D eigenvalue weighted by Crippen LogP contribution is 2.18. The van der Waals surface area contributed by atoms with E-state index in [2.05, 4.69) is 10.3 Å². The van der Waals surface area contributed by atoms with E-state index in [1.54, 1.807) is 55.4 Å². The summed E-state index contributed by atoms with van der Waals surface area (Å²) in [4.78, 5) is 40.2. The Bertz CT molecular complexity index is 1240. The number of carbonyl (C=O) groups is 1. The number of hydrogen-bond donors (Lipinski definition) is 3. The van der Waals surface area contributed by atoms with E-state index in [4.69, 9.17) is 16.3 Å². The van der Waals surface area contributed by atoms with Crippen LogP contribution in [0.2, 0.25) is 17.7 Å². The number of hydrogen-bond acceptors (Lipinski definition) is 5. The molecule has 1 atom stereocenters. The van der Waals surface area contributed by atoms with Crippen molar-refractivity contribution in [3.63, 3.8) is 0 Å². The van der Waals surface area contributed by atoms with E-state index in [0.29, 0.717) is 23.1 Å². The van der Waals surface area contributed by atoms with Crippen molar-refractivity contribution in [2.75, 3.05) is 11.9 Å². The lowest BCUT2D eigenvalue weighted by Crippen LogP contribution is -2.60. The highest BCUT2D eigenvalue weighted by Gasteiger charge is 2.25. The fourth-order valence-electron chi connectivity index (χ4n) is 3.26. The van der Waals surface area contributed by atoms with Gasteiger partial charge in [0.2, 0.25) is 0 Å². The zero-order valence-electron chi connectivity index (χ0n) is 19.0. The van der Waals surface area contributed by atoms with E-state index >= 15 is 0 Å². The molecule has 1 radical (unpaired) electrons. The number of aliphatic carboxylic acids is 1. The normalized spacial score (nSPS) is 11.6. The molecule has 0 saturated heterocycles. The number of aromatic nitrogens is 3. The van der Waals surface area contributed by atoms with Crippen LogP contribution < -0.4 is 26.0 Å². The first kappa shape index (κ1) is 25.1. The number of benzene rings is 2. The van der Waals surface area contributed by atoms with Gasteiger partial charge in [0.1, 0.15) is 13.0 Å². The van der Waals surface area contributed by atoms with Crippen molar-refractivity contribution >= 4 is 36.5 Å². The molecule has 0 aliphatic carbocycles. The largest absolute Gasteiger partial charge is 0.494 e. The van der Waals surface area contributed by atoms with E-state index < -0.39 is 23.2 Å². The van der Waals surface area contributed by atoms with Crippen molar-refractivity contribution in [3.05, 3.63) is 80.1 Å². The Kier molecular flexibility index (Phi) is 8.53. The lowest BCUT2D eigenvalue weighted by Gasteiger charge is -2.13. The second kappa shape index (κ2) is 11.6. The molecule has 3 aromatic rings. The van der Waals surface area contributed by atoms with Crippen LogP contribution >= 0.6 is 11.6 Å². The van der Waals surface area contributed by atoms with E-state index in [-0.39, 0.29) is 19.0 Å². The van der Waals surface area contributed by atoms with Gasteiger partial charge >= 0.3 is 23.3 Å². The lowest BCUT2D eigenvalue weighted by atomic mass is 9.67. The molecule has 0 aliphatic rings. The molecular weight excluding hydrogens is 459 g/mol. The second-order valence-corrected chi connectivity index (χ2v) is 8.10. The third-order valence-corrected chi connectivity index (χ3v) is 5.40. The molecule has 3 rings (SSSR count). The second-order valence-electron chi connectivity index (χ2n) is 7.66. The van der Waals surface area contributed by atoms with Crippen LogP contribution in [0.4, 0.5) is 11.6 Å². The predicted molar refractivity (Wildman–Crippen MR) is 131 cm³/mol. The van der Waals surface area contributed by atoms with Crippen molar-refractivity contribution in [2.45, 2.75) is 39.1 Å². The van der Waals surface area contributed by atoms with E-state index in [0.717, 1.165) is 16.6 Å². The number of nitrogens with one attached hydrogen (secondary N) is 2. The molecule has 3 N–H and O–H groups in total. The smallest absolute Gasteiger partial charge is 0.421 e. The van der Waals surface area contributed by atoms with Crippen molar-refractivity contribution in [1.82, 2.24) is 9.55 Å². The third kappa shape index (κ3) is 6.29. The zero-order valence-corrected chi connectivity index (χ0v) is 19.7. The summed E-state index contributed by atoms with van der Waals surface area (Å²) < 4.78 is 7.83. The van der Waals surface area contributed by atoms with Gasteiger partial charge in [-0.1, -0.05) is 37.5 Å². The average Bonchev–Trinajstić information content (AvgIpc) is 2.82. The third-order valence-electron chi connectivity index (χ3n) is 5.14. The van der Waals surface area contributed by atoms with Crippen LogP contribution in [0.3, 0.4) is 0 Å². The van der Waals surface area contributed by atoms with Crippen LogP contribution in [0.1, 0.15) is 18.9 Å². The minimum absolute atomic E-state index is 0.125. The summed E-state index contributed by atoms with van der Waals surface area (Å²) in [5.74, 6) is -1.24. The fourth-order valence-corrected chi connectivity index (χ4v) is 3.38. The summed E-state index contributed by atoms with van der Waals surface area (Å²) in [6, 6.07) is 14.1. The Hall–Kier alpha value is -3.53. The van der Waals surface area contributed by atoms with Crippen LogP contribution in [-0.4, -0.2) is 34.5 Å². The molecule has 0 spiro atoms. The van der Waals surface area contributed by atoms with Gasteiger partial charge < -0.3 is 9.84 Å². The zero-order chi connectivity index (χ0) is 24.7. The monoisotopic (exact) mass is 484 g/mol. The molecule has 0 fully saturated rings. The molecule has 0 saturated carbocycles. The Balaban J connectivity index is 2.01. The van der Waals surface area contributed by atoms with Crippen LogP contribution in [0, 0.1) is 0 Å². The highest BCUT2D eigenvalue weighted by molar-refractivity contribution is 6.41. The number of aromatic amines is 1. The van der Waals surface area contributed by atoms with Gasteiger partial charge in [0, 0.05) is 5.02 Å². The molecule has 177 valence electrons. The van der Waals surface area contributed by atoms with Gasteiger partial charge in [-0.3, -0.25) is 10.1 Å². The summed E-state index contributed by atoms with van der Waals surface area (Å²) in [6.07, 6.45) is 0.890. The van der Waals surface area contributed by atoms with Gasteiger partial charge in [-0.05, 0) is 48.4 Å². The van der Waals surface area contributed by atoms with Crippen molar-refractivity contribution in [3.8, 4) is 5.75 Å². The minimum atomic E-state index is -1.12. The van der Waals surface area contributed by atoms with Gasteiger partial charge in [-0.25, -0.2) is 14.6 Å². The standard InChI is InChI=1S/C23H25BClN4O5/c1-3-12-34-18-10-8-17(9-11-18)26-21-27-22(32)29(14-19(24-2)20(30)31)23(33)28(21)13-15-4-6-16(25)7-5-15/h4-11,19H,3,12-14H2,1-2H3,(H2,26,27,30,31,32)/p+1. The lowest BCUT2D eigenvalue weighted by molar-refractivity contribution is -0.696. The molecular formula is C23H26BClN4O5+. The molecule has 0 aliphatic heterocycles. The Morgan fingerprint density at radius 3 is 2.47 bits per heavy atom. The number of nitrogens with zero attached hydrogens (tertiary/aromatic N) is 2. The average molecular weight is 485 g/mol. The topological polar surface area (TPSA) is 117 Å².